The lowest BCUT2D eigenvalue weighted by molar-refractivity contribution is -0.143. The van der Waals surface area contributed by atoms with Crippen LogP contribution >= 0.6 is 29.8 Å². The highest BCUT2D eigenvalue weighted by Gasteiger charge is 2.34. The summed E-state index contributed by atoms with van der Waals surface area (Å²) in [4.78, 5) is 16.9. The van der Waals surface area contributed by atoms with Crippen LogP contribution in [0.2, 0.25) is 5.02 Å². The number of benzene rings is 1. The number of hydrogen-bond donors (Lipinski definition) is 0. The second kappa shape index (κ2) is 8.70. The van der Waals surface area contributed by atoms with Crippen molar-refractivity contribution in [3.8, 4) is 0 Å². The predicted octanol–water partition coefficient (Wildman–Crippen LogP) is 5.09. The zero-order chi connectivity index (χ0) is 22.1. The summed E-state index contributed by atoms with van der Waals surface area (Å²) in [7, 11) is 2.66. The van der Waals surface area contributed by atoms with Gasteiger partial charge in [0.05, 0.1) is 18.5 Å². The van der Waals surface area contributed by atoms with Crippen molar-refractivity contribution in [2.45, 2.75) is 25.2 Å². The molecule has 0 aliphatic heterocycles. The third-order valence-corrected chi connectivity index (χ3v) is 7.88. The van der Waals surface area contributed by atoms with Crippen LogP contribution in [-0.4, -0.2) is 42.9 Å². The predicted molar refractivity (Wildman–Crippen MR) is 115 cm³/mol. The molecular formula is C19H23ClF3N2O2PS. The number of nitrogens with zero attached hydrogens (tertiary/aromatic N) is 2. The summed E-state index contributed by atoms with van der Waals surface area (Å²) < 4.78 is 45.1. The van der Waals surface area contributed by atoms with Gasteiger partial charge in [0.15, 0.2) is 4.80 Å². The van der Waals surface area contributed by atoms with Gasteiger partial charge in [-0.1, -0.05) is 11.6 Å². The highest BCUT2D eigenvalue weighted by Crippen LogP contribution is 2.45. The summed E-state index contributed by atoms with van der Waals surface area (Å²) in [6.45, 7) is 3.81. The number of esters is 1. The number of aryl methyl sites for hydroxylation is 1. The Kier molecular flexibility index (Phi) is 7.13. The molecule has 0 aliphatic carbocycles. The second-order valence-corrected chi connectivity index (χ2v) is 12.7. The zero-order valence-electron chi connectivity index (χ0n) is 16.8. The molecule has 160 valence electrons. The largest absolute Gasteiger partial charge is 0.469 e. The fourth-order valence-electron chi connectivity index (χ4n) is 2.77. The van der Waals surface area contributed by atoms with E-state index in [9.17, 15) is 18.0 Å². The summed E-state index contributed by atoms with van der Waals surface area (Å²) in [6.07, 6.45) is 0.0205. The molecule has 1 heterocycles. The van der Waals surface area contributed by atoms with Crippen LogP contribution in [0.1, 0.15) is 16.8 Å². The van der Waals surface area contributed by atoms with E-state index in [-0.39, 0.29) is 10.8 Å². The van der Waals surface area contributed by atoms with E-state index >= 15 is 0 Å². The second-order valence-electron chi connectivity index (χ2n) is 7.32. The first-order valence-electron chi connectivity index (χ1n) is 8.57. The van der Waals surface area contributed by atoms with Crippen LogP contribution in [0, 0.1) is 6.92 Å². The van der Waals surface area contributed by atoms with E-state index in [0.29, 0.717) is 22.7 Å². The first-order chi connectivity index (χ1) is 13.3. The highest BCUT2D eigenvalue weighted by atomic mass is 35.5. The van der Waals surface area contributed by atoms with Gasteiger partial charge in [0, 0.05) is 17.5 Å². The van der Waals surface area contributed by atoms with E-state index in [1.54, 1.807) is 19.1 Å². The first-order valence-corrected chi connectivity index (χ1v) is 12.8. The summed E-state index contributed by atoms with van der Waals surface area (Å²) >= 11 is 7.30. The molecule has 1 aromatic carbocycles. The van der Waals surface area contributed by atoms with Gasteiger partial charge in [-0.3, -0.25) is 4.79 Å². The maximum absolute atomic E-state index is 13.0. The van der Waals surface area contributed by atoms with Gasteiger partial charge in [0.1, 0.15) is 5.69 Å². The molecule has 0 bridgehead atoms. The molecule has 2 aromatic rings. The lowest BCUT2D eigenvalue weighted by Gasteiger charge is -2.24. The maximum atomic E-state index is 13.0. The number of ether oxygens (including phenoxy) is 1. The molecule has 2 rings (SSSR count). The average Bonchev–Trinajstić information content (AvgIpc) is 2.95. The van der Waals surface area contributed by atoms with Crippen molar-refractivity contribution in [1.82, 2.24) is 4.57 Å². The Morgan fingerprint density at radius 2 is 2.03 bits per heavy atom. The molecule has 0 saturated carbocycles. The van der Waals surface area contributed by atoms with Crippen LogP contribution in [0.3, 0.4) is 0 Å². The maximum Gasteiger partial charge on any atom is 0.432 e. The van der Waals surface area contributed by atoms with E-state index in [2.05, 4.69) is 11.3 Å². The minimum Gasteiger partial charge on any atom is -0.469 e. The number of alkyl halides is 3. The van der Waals surface area contributed by atoms with E-state index in [0.717, 1.165) is 26.8 Å². The van der Waals surface area contributed by atoms with Crippen molar-refractivity contribution in [3.05, 3.63) is 44.2 Å². The molecule has 0 fully saturated rings. The molecule has 0 spiro atoms. The monoisotopic (exact) mass is 466 g/mol. The van der Waals surface area contributed by atoms with Gasteiger partial charge >= 0.3 is 12.1 Å². The van der Waals surface area contributed by atoms with Gasteiger partial charge in [0.2, 0.25) is 0 Å². The molecule has 0 radical (unpaired) electrons. The minimum atomic E-state index is -4.45. The van der Waals surface area contributed by atoms with Crippen LogP contribution in [0.15, 0.2) is 22.5 Å². The van der Waals surface area contributed by atoms with Crippen molar-refractivity contribution < 1.29 is 22.7 Å². The van der Waals surface area contributed by atoms with Crippen molar-refractivity contribution in [1.29, 1.82) is 0 Å². The third kappa shape index (κ3) is 5.56. The Labute approximate surface area is 177 Å². The van der Waals surface area contributed by atoms with Gasteiger partial charge in [-0.25, -0.2) is 4.99 Å². The van der Waals surface area contributed by atoms with Crippen molar-refractivity contribution >= 4 is 47.8 Å². The van der Waals surface area contributed by atoms with Gasteiger partial charge in [-0.2, -0.15) is 13.2 Å². The average molecular weight is 467 g/mol. The number of carbonyl (C=O) groups is 1. The molecule has 1 aromatic heterocycles. The standard InChI is InChI=1S/C19H23ClF3N2O2PS/c1-11-7-13(20)12(9-15(17(26)27-3)28(4,5)6)8-14(11)24-18-25(2)16(10-29-18)19(21,22)23/h7-8,10,15H,4,9H2,1-3,5-6H3. The lowest BCUT2D eigenvalue weighted by atomic mass is 10.1. The summed E-state index contributed by atoms with van der Waals surface area (Å²) in [5.41, 5.74) is 0.703. The van der Waals surface area contributed by atoms with Gasteiger partial charge in [-0.05, 0) is 49.9 Å². The Morgan fingerprint density at radius 3 is 2.52 bits per heavy atom. The molecule has 10 heteroatoms. The van der Waals surface area contributed by atoms with Crippen LogP contribution in [-0.2, 0) is 29.2 Å². The van der Waals surface area contributed by atoms with Gasteiger partial charge in [-0.15, -0.1) is 24.5 Å². The highest BCUT2D eigenvalue weighted by molar-refractivity contribution is 7.73. The fraction of sp³-hybridized carbons (Fsp3) is 0.421. The van der Waals surface area contributed by atoms with E-state index in [4.69, 9.17) is 16.3 Å². The molecule has 0 saturated heterocycles. The van der Waals surface area contributed by atoms with Crippen LogP contribution < -0.4 is 4.80 Å². The number of thiazole rings is 1. The molecule has 1 unspecified atom stereocenters. The van der Waals surface area contributed by atoms with Gasteiger partial charge < -0.3 is 9.30 Å². The van der Waals surface area contributed by atoms with E-state index in [1.807, 2.05) is 13.3 Å². The number of halogens is 4. The molecule has 0 N–H and O–H groups in total. The third-order valence-electron chi connectivity index (χ3n) is 4.53. The number of carbonyl (C=O) groups excluding carboxylic acids is 1. The van der Waals surface area contributed by atoms with Crippen molar-refractivity contribution in [2.24, 2.45) is 12.0 Å². The first kappa shape index (κ1) is 23.8. The number of rotatable bonds is 5. The molecule has 0 aliphatic rings. The number of hydrogen-bond acceptors (Lipinski definition) is 4. The van der Waals surface area contributed by atoms with Crippen LogP contribution in [0.5, 0.6) is 0 Å². The topological polar surface area (TPSA) is 43.6 Å². The molecular weight excluding hydrogens is 444 g/mol. The zero-order valence-corrected chi connectivity index (χ0v) is 19.3. The molecule has 29 heavy (non-hydrogen) atoms. The SMILES string of the molecule is C=P(C)(C)C(Cc1cc(N=c2scc(C(F)(F)F)n2C)c(C)cc1Cl)C(=O)OC. The Hall–Kier alpha value is -1.50. The lowest BCUT2D eigenvalue weighted by Crippen LogP contribution is -2.25. The molecule has 1 atom stereocenters. The van der Waals surface area contributed by atoms with Crippen molar-refractivity contribution in [3.63, 3.8) is 0 Å². The number of aromatic nitrogens is 1. The van der Waals surface area contributed by atoms with Crippen LogP contribution in [0.4, 0.5) is 18.9 Å². The molecule has 4 nitrogen and oxygen atoms in total. The minimum absolute atomic E-state index is 0.211. The number of methoxy groups -OCH3 is 1. The normalized spacial score (nSPS) is 14.2. The summed E-state index contributed by atoms with van der Waals surface area (Å²) in [5, 5.41) is 1.50. The summed E-state index contributed by atoms with van der Waals surface area (Å²) in [5.74, 6) is -0.354. The summed E-state index contributed by atoms with van der Waals surface area (Å²) in [6, 6.07) is 3.42. The Balaban J connectivity index is 2.54. The molecule has 0 amide bonds. The van der Waals surface area contributed by atoms with Crippen LogP contribution in [0.25, 0.3) is 0 Å². The Bertz CT molecular complexity index is 1040. The van der Waals surface area contributed by atoms with E-state index < -0.39 is 24.4 Å². The Morgan fingerprint density at radius 1 is 1.41 bits per heavy atom. The quantitative estimate of drug-likeness (QED) is 0.455. The smallest absolute Gasteiger partial charge is 0.432 e. The van der Waals surface area contributed by atoms with Gasteiger partial charge in [0.25, 0.3) is 0 Å². The van der Waals surface area contributed by atoms with E-state index in [1.165, 1.54) is 14.2 Å². The fourth-order valence-corrected chi connectivity index (χ4v) is 5.35. The van der Waals surface area contributed by atoms with Crippen molar-refractivity contribution in [2.75, 3.05) is 20.4 Å².